The van der Waals surface area contributed by atoms with E-state index < -0.39 is 0 Å². The Labute approximate surface area is 107 Å². The van der Waals surface area contributed by atoms with Gasteiger partial charge >= 0.3 is 6.03 Å². The molecule has 1 heterocycles. The number of rotatable bonds is 2. The summed E-state index contributed by atoms with van der Waals surface area (Å²) in [5.74, 6) is 0. The molecule has 1 saturated heterocycles. The molecule has 1 atom stereocenters. The SMILES string of the molecule is O=C(NC1CC1)N1CCO[C@@H](c2ccccc2)C1. The molecule has 1 saturated carbocycles. The number of urea groups is 1. The Morgan fingerprint density at radius 2 is 2.06 bits per heavy atom. The number of morpholine rings is 1. The van der Waals surface area contributed by atoms with Crippen molar-refractivity contribution < 1.29 is 9.53 Å². The summed E-state index contributed by atoms with van der Waals surface area (Å²) in [6.45, 7) is 1.93. The predicted octanol–water partition coefficient (Wildman–Crippen LogP) is 1.93. The second-order valence-corrected chi connectivity index (χ2v) is 4.94. The fourth-order valence-corrected chi connectivity index (χ4v) is 2.20. The molecule has 3 rings (SSSR count). The van der Waals surface area contributed by atoms with Crippen LogP contribution in [0, 0.1) is 0 Å². The van der Waals surface area contributed by atoms with E-state index >= 15 is 0 Å². The maximum Gasteiger partial charge on any atom is 0.317 e. The minimum absolute atomic E-state index is 0.00454. The number of hydrogen-bond donors (Lipinski definition) is 1. The van der Waals surface area contributed by atoms with Crippen LogP contribution in [0.25, 0.3) is 0 Å². The molecule has 96 valence electrons. The Kier molecular flexibility index (Phi) is 3.19. The third kappa shape index (κ3) is 2.64. The summed E-state index contributed by atoms with van der Waals surface area (Å²) in [5, 5.41) is 3.03. The Bertz CT molecular complexity index is 417. The fourth-order valence-electron chi connectivity index (χ4n) is 2.20. The van der Waals surface area contributed by atoms with Gasteiger partial charge in [0.05, 0.1) is 13.2 Å². The van der Waals surface area contributed by atoms with Crippen molar-refractivity contribution in [3.63, 3.8) is 0 Å². The zero-order chi connectivity index (χ0) is 12.4. The van der Waals surface area contributed by atoms with Gasteiger partial charge in [0, 0.05) is 12.6 Å². The Balaban J connectivity index is 1.62. The summed E-state index contributed by atoms with van der Waals surface area (Å²) >= 11 is 0. The summed E-state index contributed by atoms with van der Waals surface area (Å²) in [6, 6.07) is 10.6. The number of carbonyl (C=O) groups excluding carboxylic acids is 1. The third-order valence-electron chi connectivity index (χ3n) is 3.43. The van der Waals surface area contributed by atoms with E-state index in [1.165, 1.54) is 0 Å². The Hall–Kier alpha value is -1.55. The van der Waals surface area contributed by atoms with E-state index in [0.29, 0.717) is 25.7 Å². The normalized spacial score (nSPS) is 23.8. The smallest absolute Gasteiger partial charge is 0.317 e. The van der Waals surface area contributed by atoms with Gasteiger partial charge in [-0.1, -0.05) is 30.3 Å². The van der Waals surface area contributed by atoms with Crippen LogP contribution in [-0.2, 0) is 4.74 Å². The van der Waals surface area contributed by atoms with Gasteiger partial charge in [-0.05, 0) is 18.4 Å². The van der Waals surface area contributed by atoms with Crippen LogP contribution in [0.4, 0.5) is 4.79 Å². The molecule has 0 radical (unpaired) electrons. The molecule has 0 unspecified atom stereocenters. The highest BCUT2D eigenvalue weighted by molar-refractivity contribution is 5.75. The molecule has 2 fully saturated rings. The maximum atomic E-state index is 12.0. The number of amides is 2. The van der Waals surface area contributed by atoms with Crippen LogP contribution in [-0.4, -0.2) is 36.7 Å². The molecule has 4 heteroatoms. The summed E-state index contributed by atoms with van der Waals surface area (Å²) in [5.41, 5.74) is 1.14. The highest BCUT2D eigenvalue weighted by Gasteiger charge is 2.29. The van der Waals surface area contributed by atoms with E-state index in [1.807, 2.05) is 35.2 Å². The van der Waals surface area contributed by atoms with Crippen molar-refractivity contribution in [3.8, 4) is 0 Å². The van der Waals surface area contributed by atoms with Gasteiger partial charge in [-0.25, -0.2) is 4.79 Å². The second-order valence-electron chi connectivity index (χ2n) is 4.94. The number of ether oxygens (including phenoxy) is 1. The zero-order valence-corrected chi connectivity index (χ0v) is 10.3. The molecule has 0 aromatic heterocycles. The van der Waals surface area contributed by atoms with E-state index in [4.69, 9.17) is 4.74 Å². The number of nitrogens with zero attached hydrogens (tertiary/aromatic N) is 1. The lowest BCUT2D eigenvalue weighted by atomic mass is 10.1. The average Bonchev–Trinajstić information content (AvgIpc) is 3.24. The molecule has 0 bridgehead atoms. The zero-order valence-electron chi connectivity index (χ0n) is 10.3. The van der Waals surface area contributed by atoms with Crippen molar-refractivity contribution >= 4 is 6.03 Å². The van der Waals surface area contributed by atoms with Crippen molar-refractivity contribution in [1.82, 2.24) is 10.2 Å². The van der Waals surface area contributed by atoms with Crippen LogP contribution in [0.2, 0.25) is 0 Å². The largest absolute Gasteiger partial charge is 0.370 e. The Morgan fingerprint density at radius 1 is 1.28 bits per heavy atom. The molecule has 1 aromatic carbocycles. The maximum absolute atomic E-state index is 12.0. The van der Waals surface area contributed by atoms with Crippen LogP contribution >= 0.6 is 0 Å². The summed E-state index contributed by atoms with van der Waals surface area (Å²) < 4.78 is 5.74. The summed E-state index contributed by atoms with van der Waals surface area (Å²) in [6.07, 6.45) is 2.25. The van der Waals surface area contributed by atoms with E-state index in [9.17, 15) is 4.79 Å². The second kappa shape index (κ2) is 4.98. The van der Waals surface area contributed by atoms with Crippen molar-refractivity contribution in [2.45, 2.75) is 25.0 Å². The highest BCUT2D eigenvalue weighted by Crippen LogP contribution is 2.23. The summed E-state index contributed by atoms with van der Waals surface area (Å²) in [7, 11) is 0. The van der Waals surface area contributed by atoms with E-state index in [2.05, 4.69) is 5.32 Å². The van der Waals surface area contributed by atoms with Crippen LogP contribution in [0.15, 0.2) is 30.3 Å². The number of hydrogen-bond acceptors (Lipinski definition) is 2. The average molecular weight is 246 g/mol. The van der Waals surface area contributed by atoms with Crippen LogP contribution in [0.5, 0.6) is 0 Å². The first-order valence-electron chi connectivity index (χ1n) is 6.55. The standard InChI is InChI=1S/C14H18N2O2/c17-14(15-12-6-7-12)16-8-9-18-13(10-16)11-4-2-1-3-5-11/h1-5,12-13H,6-10H2,(H,15,17)/t13-/m1/s1. The van der Waals surface area contributed by atoms with Crippen LogP contribution < -0.4 is 5.32 Å². The lowest BCUT2D eigenvalue weighted by molar-refractivity contribution is -0.0154. The fraction of sp³-hybridized carbons (Fsp3) is 0.500. The molecule has 1 aromatic rings. The number of benzene rings is 1. The van der Waals surface area contributed by atoms with Gasteiger partial charge in [0.15, 0.2) is 0 Å². The number of carbonyl (C=O) groups is 1. The Morgan fingerprint density at radius 3 is 2.78 bits per heavy atom. The minimum Gasteiger partial charge on any atom is -0.370 e. The number of nitrogens with one attached hydrogen (secondary N) is 1. The van der Waals surface area contributed by atoms with Gasteiger partial charge in [0.2, 0.25) is 0 Å². The van der Waals surface area contributed by atoms with Gasteiger partial charge < -0.3 is 15.0 Å². The third-order valence-corrected chi connectivity index (χ3v) is 3.43. The molecule has 1 aliphatic carbocycles. The monoisotopic (exact) mass is 246 g/mol. The van der Waals surface area contributed by atoms with Gasteiger partial charge in [-0.2, -0.15) is 0 Å². The van der Waals surface area contributed by atoms with Crippen LogP contribution in [0.3, 0.4) is 0 Å². The molecular weight excluding hydrogens is 228 g/mol. The molecule has 0 spiro atoms. The molecule has 1 aliphatic heterocycles. The first kappa shape index (κ1) is 11.5. The lowest BCUT2D eigenvalue weighted by Crippen LogP contribution is -2.47. The minimum atomic E-state index is 0.00454. The van der Waals surface area contributed by atoms with Crippen molar-refractivity contribution in [2.75, 3.05) is 19.7 Å². The van der Waals surface area contributed by atoms with Crippen molar-refractivity contribution in [1.29, 1.82) is 0 Å². The van der Waals surface area contributed by atoms with Gasteiger partial charge in [-0.15, -0.1) is 0 Å². The molecule has 18 heavy (non-hydrogen) atoms. The molecule has 2 amide bonds. The molecule has 1 N–H and O–H groups in total. The van der Waals surface area contributed by atoms with Crippen molar-refractivity contribution in [3.05, 3.63) is 35.9 Å². The first-order valence-corrected chi connectivity index (χ1v) is 6.55. The van der Waals surface area contributed by atoms with E-state index in [0.717, 1.165) is 18.4 Å². The van der Waals surface area contributed by atoms with Gasteiger partial charge in [0.25, 0.3) is 0 Å². The van der Waals surface area contributed by atoms with E-state index in [-0.39, 0.29) is 12.1 Å². The molecule has 2 aliphatic rings. The summed E-state index contributed by atoms with van der Waals surface area (Å²) in [4.78, 5) is 13.8. The van der Waals surface area contributed by atoms with Crippen LogP contribution in [0.1, 0.15) is 24.5 Å². The molecule has 4 nitrogen and oxygen atoms in total. The quantitative estimate of drug-likeness (QED) is 0.866. The lowest BCUT2D eigenvalue weighted by Gasteiger charge is -2.33. The van der Waals surface area contributed by atoms with Crippen molar-refractivity contribution in [2.24, 2.45) is 0 Å². The van der Waals surface area contributed by atoms with E-state index in [1.54, 1.807) is 0 Å². The van der Waals surface area contributed by atoms with Gasteiger partial charge in [-0.3, -0.25) is 0 Å². The highest BCUT2D eigenvalue weighted by atomic mass is 16.5. The van der Waals surface area contributed by atoms with Gasteiger partial charge in [0.1, 0.15) is 6.10 Å². The topological polar surface area (TPSA) is 41.6 Å². The predicted molar refractivity (Wildman–Crippen MR) is 68.3 cm³/mol. The molecular formula is C14H18N2O2. The first-order chi connectivity index (χ1) is 8.83.